The number of amides is 2. The van der Waals surface area contributed by atoms with E-state index in [9.17, 15) is 4.79 Å². The average Bonchev–Trinajstić information content (AvgIpc) is 3.05. The standard InChI is InChI=1S/C19H25N3O2/c1-12-11-15-7-4-5-8-17(15)18(12)21-19(23)20-10-6-9-16-13(2)22-24-14(16)3/h4-5,7-8,12,18H,6,9-11H2,1-3H3,(H2,20,21,23)/t12-,18+/m1/s1. The zero-order valence-corrected chi connectivity index (χ0v) is 14.6. The molecule has 5 heteroatoms. The van der Waals surface area contributed by atoms with Gasteiger partial charge in [-0.15, -0.1) is 0 Å². The van der Waals surface area contributed by atoms with Crippen LogP contribution >= 0.6 is 0 Å². The van der Waals surface area contributed by atoms with Crippen molar-refractivity contribution in [2.75, 3.05) is 6.54 Å². The predicted molar refractivity (Wildman–Crippen MR) is 92.9 cm³/mol. The maximum Gasteiger partial charge on any atom is 0.315 e. The van der Waals surface area contributed by atoms with Crippen molar-refractivity contribution in [2.24, 2.45) is 5.92 Å². The summed E-state index contributed by atoms with van der Waals surface area (Å²) in [7, 11) is 0. The van der Waals surface area contributed by atoms with Crippen LogP contribution in [0, 0.1) is 19.8 Å². The fourth-order valence-corrected chi connectivity index (χ4v) is 3.53. The number of benzene rings is 1. The summed E-state index contributed by atoms with van der Waals surface area (Å²) in [6.07, 6.45) is 2.75. The van der Waals surface area contributed by atoms with Crippen LogP contribution < -0.4 is 10.6 Å². The lowest BCUT2D eigenvalue weighted by atomic mass is 10.0. The monoisotopic (exact) mass is 327 g/mol. The first kappa shape index (κ1) is 16.6. The summed E-state index contributed by atoms with van der Waals surface area (Å²) < 4.78 is 5.16. The van der Waals surface area contributed by atoms with Crippen LogP contribution in [0.5, 0.6) is 0 Å². The van der Waals surface area contributed by atoms with Crippen molar-refractivity contribution in [1.29, 1.82) is 0 Å². The molecule has 3 rings (SSSR count). The Bertz CT molecular complexity index is 704. The number of rotatable bonds is 5. The van der Waals surface area contributed by atoms with Crippen LogP contribution in [0.15, 0.2) is 28.8 Å². The molecule has 1 heterocycles. The van der Waals surface area contributed by atoms with Gasteiger partial charge in [0.2, 0.25) is 0 Å². The van der Waals surface area contributed by atoms with E-state index in [1.807, 2.05) is 19.9 Å². The number of aryl methyl sites for hydroxylation is 2. The fourth-order valence-electron chi connectivity index (χ4n) is 3.53. The molecule has 1 aliphatic rings. The number of aromatic nitrogens is 1. The second-order valence-electron chi connectivity index (χ2n) is 6.66. The van der Waals surface area contributed by atoms with Gasteiger partial charge in [-0.05, 0) is 50.2 Å². The quantitative estimate of drug-likeness (QED) is 0.827. The predicted octanol–water partition coefficient (Wildman–Crippen LogP) is 3.46. The van der Waals surface area contributed by atoms with Crippen LogP contribution in [0.3, 0.4) is 0 Å². The molecule has 128 valence electrons. The molecule has 2 aromatic rings. The summed E-state index contributed by atoms with van der Waals surface area (Å²) in [6.45, 7) is 6.69. The molecular weight excluding hydrogens is 302 g/mol. The molecule has 0 saturated carbocycles. The van der Waals surface area contributed by atoms with E-state index in [0.717, 1.165) is 36.3 Å². The van der Waals surface area contributed by atoms with Gasteiger partial charge in [-0.3, -0.25) is 0 Å². The Balaban J connectivity index is 1.47. The van der Waals surface area contributed by atoms with Crippen LogP contribution in [-0.2, 0) is 12.8 Å². The van der Waals surface area contributed by atoms with Gasteiger partial charge in [0.15, 0.2) is 0 Å². The van der Waals surface area contributed by atoms with E-state index < -0.39 is 0 Å². The van der Waals surface area contributed by atoms with Crippen molar-refractivity contribution in [2.45, 2.75) is 46.1 Å². The van der Waals surface area contributed by atoms with Crippen molar-refractivity contribution in [3.8, 4) is 0 Å². The summed E-state index contributed by atoms with van der Waals surface area (Å²) >= 11 is 0. The molecule has 0 spiro atoms. The molecule has 2 atom stereocenters. The molecule has 1 aromatic carbocycles. The van der Waals surface area contributed by atoms with Gasteiger partial charge in [0.1, 0.15) is 5.76 Å². The van der Waals surface area contributed by atoms with Gasteiger partial charge in [0, 0.05) is 12.1 Å². The molecule has 1 aromatic heterocycles. The van der Waals surface area contributed by atoms with Crippen LogP contribution in [0.25, 0.3) is 0 Å². The maximum atomic E-state index is 12.2. The highest BCUT2D eigenvalue weighted by Crippen LogP contribution is 2.35. The molecule has 0 saturated heterocycles. The van der Waals surface area contributed by atoms with Crippen molar-refractivity contribution in [1.82, 2.24) is 15.8 Å². The third-order valence-corrected chi connectivity index (χ3v) is 4.86. The minimum atomic E-state index is -0.0951. The number of urea groups is 1. The molecule has 0 radical (unpaired) electrons. The van der Waals surface area contributed by atoms with Crippen LogP contribution in [0.4, 0.5) is 4.79 Å². The van der Waals surface area contributed by atoms with Crippen molar-refractivity contribution in [3.05, 3.63) is 52.4 Å². The lowest BCUT2D eigenvalue weighted by Gasteiger charge is -2.19. The van der Waals surface area contributed by atoms with Crippen LogP contribution in [0.1, 0.15) is 47.5 Å². The second-order valence-corrected chi connectivity index (χ2v) is 6.66. The van der Waals surface area contributed by atoms with Gasteiger partial charge >= 0.3 is 6.03 Å². The molecule has 0 fully saturated rings. The molecule has 24 heavy (non-hydrogen) atoms. The largest absolute Gasteiger partial charge is 0.361 e. The summed E-state index contributed by atoms with van der Waals surface area (Å²) in [6, 6.07) is 8.36. The molecule has 1 aliphatic carbocycles. The lowest BCUT2D eigenvalue weighted by molar-refractivity contribution is 0.233. The smallest absolute Gasteiger partial charge is 0.315 e. The first-order valence-electron chi connectivity index (χ1n) is 8.60. The summed E-state index contributed by atoms with van der Waals surface area (Å²) in [5, 5.41) is 10.0. The van der Waals surface area contributed by atoms with Crippen molar-refractivity contribution >= 4 is 6.03 Å². The number of fused-ring (bicyclic) bond motifs is 1. The highest BCUT2D eigenvalue weighted by Gasteiger charge is 2.29. The SMILES string of the molecule is Cc1noc(C)c1CCCNC(=O)N[C@@H]1c2ccccc2C[C@H]1C. The van der Waals surface area contributed by atoms with E-state index in [-0.39, 0.29) is 12.1 Å². The molecule has 0 aliphatic heterocycles. The average molecular weight is 327 g/mol. The Labute approximate surface area is 142 Å². The van der Waals surface area contributed by atoms with E-state index in [1.54, 1.807) is 0 Å². The number of hydrogen-bond acceptors (Lipinski definition) is 3. The summed E-state index contributed by atoms with van der Waals surface area (Å²) in [5.41, 5.74) is 4.67. The topological polar surface area (TPSA) is 67.2 Å². The zero-order valence-electron chi connectivity index (χ0n) is 14.6. The van der Waals surface area contributed by atoms with E-state index in [4.69, 9.17) is 4.52 Å². The van der Waals surface area contributed by atoms with Gasteiger partial charge in [-0.25, -0.2) is 4.79 Å². The normalized spacial score (nSPS) is 19.1. The zero-order chi connectivity index (χ0) is 17.1. The molecule has 2 amide bonds. The first-order valence-corrected chi connectivity index (χ1v) is 8.60. The summed E-state index contributed by atoms with van der Waals surface area (Å²) in [5.74, 6) is 1.30. The third kappa shape index (κ3) is 3.45. The molecule has 0 bridgehead atoms. The number of hydrogen-bond donors (Lipinski definition) is 2. The van der Waals surface area contributed by atoms with Gasteiger partial charge in [-0.1, -0.05) is 36.3 Å². The van der Waals surface area contributed by atoms with Gasteiger partial charge in [-0.2, -0.15) is 0 Å². The number of carbonyl (C=O) groups is 1. The Morgan fingerprint density at radius 3 is 2.88 bits per heavy atom. The minimum absolute atomic E-state index is 0.0951. The number of nitrogens with one attached hydrogen (secondary N) is 2. The molecule has 0 unspecified atom stereocenters. The molecule has 5 nitrogen and oxygen atoms in total. The van der Waals surface area contributed by atoms with Gasteiger partial charge < -0.3 is 15.2 Å². The number of carbonyl (C=O) groups excluding carboxylic acids is 1. The van der Waals surface area contributed by atoms with Crippen molar-refractivity contribution < 1.29 is 9.32 Å². The lowest BCUT2D eigenvalue weighted by Crippen LogP contribution is -2.39. The van der Waals surface area contributed by atoms with Crippen LogP contribution in [0.2, 0.25) is 0 Å². The Morgan fingerprint density at radius 1 is 1.33 bits per heavy atom. The third-order valence-electron chi connectivity index (χ3n) is 4.86. The molecule has 2 N–H and O–H groups in total. The Kier molecular flexibility index (Phi) is 4.88. The van der Waals surface area contributed by atoms with Gasteiger partial charge in [0.05, 0.1) is 11.7 Å². The Morgan fingerprint density at radius 2 is 2.12 bits per heavy atom. The first-order chi connectivity index (χ1) is 11.6. The van der Waals surface area contributed by atoms with E-state index in [1.165, 1.54) is 11.1 Å². The van der Waals surface area contributed by atoms with Crippen LogP contribution in [-0.4, -0.2) is 17.7 Å². The van der Waals surface area contributed by atoms with E-state index in [0.29, 0.717) is 12.5 Å². The van der Waals surface area contributed by atoms with Crippen molar-refractivity contribution in [3.63, 3.8) is 0 Å². The van der Waals surface area contributed by atoms with E-state index in [2.05, 4.69) is 40.9 Å². The van der Waals surface area contributed by atoms with E-state index >= 15 is 0 Å². The summed E-state index contributed by atoms with van der Waals surface area (Å²) in [4.78, 5) is 12.2. The minimum Gasteiger partial charge on any atom is -0.361 e. The Hall–Kier alpha value is -2.30. The van der Waals surface area contributed by atoms with Gasteiger partial charge in [0.25, 0.3) is 0 Å². The highest BCUT2D eigenvalue weighted by molar-refractivity contribution is 5.74. The molecular formula is C19H25N3O2. The second kappa shape index (κ2) is 7.07. The highest BCUT2D eigenvalue weighted by atomic mass is 16.5. The number of nitrogens with zero attached hydrogens (tertiary/aromatic N) is 1. The fraction of sp³-hybridized carbons (Fsp3) is 0.474. The maximum absolute atomic E-state index is 12.2.